The molecule has 1 aliphatic carbocycles. The fraction of sp³-hybridized carbons (Fsp3) is 0.929. The second kappa shape index (κ2) is 7.10. The number of nitrogens with two attached hydrogens (primary N) is 1. The van der Waals surface area contributed by atoms with E-state index < -0.39 is 0 Å². The lowest BCUT2D eigenvalue weighted by molar-refractivity contribution is -0.138. The third kappa shape index (κ3) is 4.58. The number of hydrogen-bond acceptors (Lipinski definition) is 3. The van der Waals surface area contributed by atoms with Crippen molar-refractivity contribution in [3.8, 4) is 0 Å². The number of carbonyl (C=O) groups is 1. The van der Waals surface area contributed by atoms with Crippen molar-refractivity contribution in [2.24, 2.45) is 17.6 Å². The van der Waals surface area contributed by atoms with E-state index in [1.807, 2.05) is 20.9 Å². The van der Waals surface area contributed by atoms with Crippen LogP contribution in [0, 0.1) is 11.8 Å². The normalized spacial score (nSPS) is 28.4. The molecule has 0 heterocycles. The second-order valence-electron chi connectivity index (χ2n) is 5.84. The van der Waals surface area contributed by atoms with E-state index in [-0.39, 0.29) is 24.0 Å². The lowest BCUT2D eigenvalue weighted by atomic mass is 9.77. The number of amides is 1. The molecule has 2 N–H and O–H groups in total. The standard InChI is InChI=1S/C14H28N2O2/c1-10(2)18-8-7-16(4)14(17)13-9-12(15)6-5-11(13)3/h10-13H,5-9,15H2,1-4H3. The first-order chi connectivity index (χ1) is 8.41. The van der Waals surface area contributed by atoms with E-state index in [1.165, 1.54) is 0 Å². The topological polar surface area (TPSA) is 55.6 Å². The Kier molecular flexibility index (Phi) is 6.09. The maximum absolute atomic E-state index is 12.3. The van der Waals surface area contributed by atoms with Crippen molar-refractivity contribution in [1.29, 1.82) is 0 Å². The van der Waals surface area contributed by atoms with Gasteiger partial charge < -0.3 is 15.4 Å². The summed E-state index contributed by atoms with van der Waals surface area (Å²) in [6, 6.07) is 0.190. The summed E-state index contributed by atoms with van der Waals surface area (Å²) in [7, 11) is 1.86. The molecule has 1 fully saturated rings. The maximum Gasteiger partial charge on any atom is 0.225 e. The fourth-order valence-electron chi connectivity index (χ4n) is 2.52. The SMILES string of the molecule is CC(C)OCCN(C)C(=O)C1CC(N)CCC1C. The zero-order chi connectivity index (χ0) is 13.7. The van der Waals surface area contributed by atoms with Crippen LogP contribution in [0.3, 0.4) is 0 Å². The van der Waals surface area contributed by atoms with Gasteiger partial charge in [-0.25, -0.2) is 0 Å². The molecule has 3 atom stereocenters. The van der Waals surface area contributed by atoms with Gasteiger partial charge in [-0.1, -0.05) is 6.92 Å². The van der Waals surface area contributed by atoms with Gasteiger partial charge in [0.15, 0.2) is 0 Å². The Labute approximate surface area is 111 Å². The summed E-state index contributed by atoms with van der Waals surface area (Å²) in [5.41, 5.74) is 5.97. The molecule has 0 aliphatic heterocycles. The van der Waals surface area contributed by atoms with Crippen LogP contribution in [0.25, 0.3) is 0 Å². The summed E-state index contributed by atoms with van der Waals surface area (Å²) < 4.78 is 5.48. The molecule has 1 rings (SSSR count). The van der Waals surface area contributed by atoms with Gasteiger partial charge in [0.25, 0.3) is 0 Å². The first-order valence-corrected chi connectivity index (χ1v) is 7.04. The van der Waals surface area contributed by atoms with Gasteiger partial charge >= 0.3 is 0 Å². The van der Waals surface area contributed by atoms with Crippen molar-refractivity contribution in [3.05, 3.63) is 0 Å². The highest BCUT2D eigenvalue weighted by atomic mass is 16.5. The van der Waals surface area contributed by atoms with Crippen molar-refractivity contribution in [1.82, 2.24) is 4.90 Å². The molecule has 0 saturated heterocycles. The first-order valence-electron chi connectivity index (χ1n) is 7.04. The molecular formula is C14H28N2O2. The summed E-state index contributed by atoms with van der Waals surface area (Å²) in [6.45, 7) is 7.43. The molecule has 0 radical (unpaired) electrons. The van der Waals surface area contributed by atoms with E-state index in [1.54, 1.807) is 4.90 Å². The van der Waals surface area contributed by atoms with E-state index in [0.29, 0.717) is 19.1 Å². The zero-order valence-electron chi connectivity index (χ0n) is 12.2. The van der Waals surface area contributed by atoms with Gasteiger partial charge in [0.2, 0.25) is 5.91 Å². The summed E-state index contributed by atoms with van der Waals surface area (Å²) in [5, 5.41) is 0. The highest BCUT2D eigenvalue weighted by molar-refractivity contribution is 5.79. The molecule has 106 valence electrons. The van der Waals surface area contributed by atoms with Crippen molar-refractivity contribution in [2.45, 2.75) is 52.2 Å². The van der Waals surface area contributed by atoms with Gasteiger partial charge in [-0.15, -0.1) is 0 Å². The molecule has 0 aromatic carbocycles. The highest BCUT2D eigenvalue weighted by Crippen LogP contribution is 2.30. The summed E-state index contributed by atoms with van der Waals surface area (Å²) in [6.07, 6.45) is 3.16. The average molecular weight is 256 g/mol. The monoisotopic (exact) mass is 256 g/mol. The molecule has 0 aromatic heterocycles. The second-order valence-corrected chi connectivity index (χ2v) is 5.84. The lowest BCUT2D eigenvalue weighted by Crippen LogP contribution is -2.43. The molecule has 3 unspecified atom stereocenters. The third-order valence-electron chi connectivity index (χ3n) is 3.81. The number of rotatable bonds is 5. The highest BCUT2D eigenvalue weighted by Gasteiger charge is 2.32. The van der Waals surface area contributed by atoms with E-state index in [0.717, 1.165) is 19.3 Å². The quantitative estimate of drug-likeness (QED) is 0.813. The van der Waals surface area contributed by atoms with Crippen LogP contribution in [0.2, 0.25) is 0 Å². The number of likely N-dealkylation sites (N-methyl/N-ethyl adjacent to an activating group) is 1. The number of ether oxygens (including phenoxy) is 1. The summed E-state index contributed by atoms with van der Waals surface area (Å²) in [4.78, 5) is 14.1. The van der Waals surface area contributed by atoms with Crippen molar-refractivity contribution in [2.75, 3.05) is 20.2 Å². The molecule has 1 amide bonds. The summed E-state index contributed by atoms with van der Waals surface area (Å²) in [5.74, 6) is 0.772. The minimum absolute atomic E-state index is 0.0952. The Bertz CT molecular complexity index is 269. The Morgan fingerprint density at radius 3 is 2.72 bits per heavy atom. The van der Waals surface area contributed by atoms with E-state index in [4.69, 9.17) is 10.5 Å². The van der Waals surface area contributed by atoms with Gasteiger partial charge in [-0.3, -0.25) is 4.79 Å². The molecule has 1 aliphatic rings. The Hall–Kier alpha value is -0.610. The number of nitrogens with zero attached hydrogens (tertiary/aromatic N) is 1. The van der Waals surface area contributed by atoms with Crippen LogP contribution < -0.4 is 5.73 Å². The van der Waals surface area contributed by atoms with Crippen molar-refractivity contribution < 1.29 is 9.53 Å². The molecule has 4 heteroatoms. The van der Waals surface area contributed by atoms with Crippen LogP contribution in [0.4, 0.5) is 0 Å². The van der Waals surface area contributed by atoms with E-state index in [2.05, 4.69) is 6.92 Å². The van der Waals surface area contributed by atoms with Crippen LogP contribution in [0.5, 0.6) is 0 Å². The van der Waals surface area contributed by atoms with Crippen LogP contribution in [-0.4, -0.2) is 43.2 Å². The number of carbonyl (C=O) groups excluding carboxylic acids is 1. The zero-order valence-corrected chi connectivity index (χ0v) is 12.2. The third-order valence-corrected chi connectivity index (χ3v) is 3.81. The number of hydrogen-bond donors (Lipinski definition) is 1. The van der Waals surface area contributed by atoms with E-state index in [9.17, 15) is 4.79 Å². The predicted molar refractivity (Wildman–Crippen MR) is 73.2 cm³/mol. The van der Waals surface area contributed by atoms with Crippen molar-refractivity contribution >= 4 is 5.91 Å². The molecule has 0 aromatic rings. The maximum atomic E-state index is 12.3. The minimum atomic E-state index is 0.0952. The van der Waals surface area contributed by atoms with Crippen LogP contribution in [0.15, 0.2) is 0 Å². The Morgan fingerprint density at radius 2 is 2.11 bits per heavy atom. The fourth-order valence-corrected chi connectivity index (χ4v) is 2.52. The van der Waals surface area contributed by atoms with Gasteiger partial charge in [-0.05, 0) is 39.0 Å². The minimum Gasteiger partial charge on any atom is -0.377 e. The van der Waals surface area contributed by atoms with Crippen LogP contribution in [0.1, 0.15) is 40.0 Å². The van der Waals surface area contributed by atoms with Gasteiger partial charge in [-0.2, -0.15) is 0 Å². The Morgan fingerprint density at radius 1 is 1.44 bits per heavy atom. The van der Waals surface area contributed by atoms with Gasteiger partial charge in [0.05, 0.1) is 12.7 Å². The molecule has 0 spiro atoms. The lowest BCUT2D eigenvalue weighted by Gasteiger charge is -2.34. The Balaban J connectivity index is 2.41. The van der Waals surface area contributed by atoms with Crippen LogP contribution >= 0.6 is 0 Å². The predicted octanol–water partition coefficient (Wildman–Crippen LogP) is 1.63. The molecule has 4 nitrogen and oxygen atoms in total. The van der Waals surface area contributed by atoms with E-state index >= 15 is 0 Å². The smallest absolute Gasteiger partial charge is 0.225 e. The molecule has 1 saturated carbocycles. The molecular weight excluding hydrogens is 228 g/mol. The first kappa shape index (κ1) is 15.4. The van der Waals surface area contributed by atoms with Gasteiger partial charge in [0.1, 0.15) is 0 Å². The average Bonchev–Trinajstić information content (AvgIpc) is 2.30. The largest absolute Gasteiger partial charge is 0.377 e. The molecule has 0 bridgehead atoms. The molecule has 18 heavy (non-hydrogen) atoms. The van der Waals surface area contributed by atoms with Crippen LogP contribution in [-0.2, 0) is 9.53 Å². The van der Waals surface area contributed by atoms with Crippen molar-refractivity contribution in [3.63, 3.8) is 0 Å². The summed E-state index contributed by atoms with van der Waals surface area (Å²) >= 11 is 0. The van der Waals surface area contributed by atoms with Gasteiger partial charge in [0, 0.05) is 25.6 Å².